The summed E-state index contributed by atoms with van der Waals surface area (Å²) < 4.78 is 30.9. The lowest BCUT2D eigenvalue weighted by molar-refractivity contribution is -0.118. The SMILES string of the molecule is Cc1ccc(F)cc1NC(=O)COc1ccc(F)cc1. The van der Waals surface area contributed by atoms with Crippen LogP contribution in [0.4, 0.5) is 14.5 Å². The number of carbonyl (C=O) groups is 1. The Morgan fingerprint density at radius 3 is 2.45 bits per heavy atom. The number of aryl methyl sites for hydroxylation is 1. The Labute approximate surface area is 115 Å². The van der Waals surface area contributed by atoms with Crippen LogP contribution in [0.5, 0.6) is 5.75 Å². The molecule has 1 N–H and O–H groups in total. The van der Waals surface area contributed by atoms with Gasteiger partial charge in [-0.15, -0.1) is 0 Å². The van der Waals surface area contributed by atoms with E-state index < -0.39 is 11.7 Å². The van der Waals surface area contributed by atoms with E-state index in [1.807, 2.05) is 0 Å². The van der Waals surface area contributed by atoms with Crippen molar-refractivity contribution in [3.8, 4) is 5.75 Å². The van der Waals surface area contributed by atoms with Gasteiger partial charge in [0.1, 0.15) is 17.4 Å². The molecule has 0 saturated heterocycles. The second kappa shape index (κ2) is 6.14. The number of carbonyl (C=O) groups excluding carboxylic acids is 1. The summed E-state index contributed by atoms with van der Waals surface area (Å²) >= 11 is 0. The first-order valence-electron chi connectivity index (χ1n) is 5.99. The van der Waals surface area contributed by atoms with Crippen molar-refractivity contribution in [1.82, 2.24) is 0 Å². The highest BCUT2D eigenvalue weighted by atomic mass is 19.1. The summed E-state index contributed by atoms with van der Waals surface area (Å²) in [6.07, 6.45) is 0. The lowest BCUT2D eigenvalue weighted by Gasteiger charge is -2.09. The van der Waals surface area contributed by atoms with Gasteiger partial charge in [-0.3, -0.25) is 4.79 Å². The monoisotopic (exact) mass is 277 g/mol. The average molecular weight is 277 g/mol. The minimum Gasteiger partial charge on any atom is -0.484 e. The predicted octanol–water partition coefficient (Wildman–Crippen LogP) is 3.29. The van der Waals surface area contributed by atoms with Crippen molar-refractivity contribution in [2.24, 2.45) is 0 Å². The van der Waals surface area contributed by atoms with E-state index in [0.717, 1.165) is 5.56 Å². The molecule has 3 nitrogen and oxygen atoms in total. The quantitative estimate of drug-likeness (QED) is 0.931. The van der Waals surface area contributed by atoms with E-state index in [0.29, 0.717) is 11.4 Å². The second-order valence-corrected chi connectivity index (χ2v) is 4.25. The van der Waals surface area contributed by atoms with Gasteiger partial charge in [-0.25, -0.2) is 8.78 Å². The number of rotatable bonds is 4. The number of hydrogen-bond acceptors (Lipinski definition) is 2. The van der Waals surface area contributed by atoms with E-state index in [1.165, 1.54) is 36.4 Å². The fourth-order valence-electron chi connectivity index (χ4n) is 1.59. The number of nitrogens with one attached hydrogen (secondary N) is 1. The van der Waals surface area contributed by atoms with Gasteiger partial charge < -0.3 is 10.1 Å². The third-order valence-corrected chi connectivity index (χ3v) is 2.66. The van der Waals surface area contributed by atoms with E-state index in [1.54, 1.807) is 13.0 Å². The van der Waals surface area contributed by atoms with Gasteiger partial charge in [0, 0.05) is 5.69 Å². The van der Waals surface area contributed by atoms with Gasteiger partial charge in [-0.1, -0.05) is 6.07 Å². The summed E-state index contributed by atoms with van der Waals surface area (Å²) in [7, 11) is 0. The van der Waals surface area contributed by atoms with Crippen LogP contribution in [0.1, 0.15) is 5.56 Å². The van der Waals surface area contributed by atoms with Crippen LogP contribution in [-0.2, 0) is 4.79 Å². The molecule has 20 heavy (non-hydrogen) atoms. The first-order chi connectivity index (χ1) is 9.54. The Morgan fingerprint density at radius 1 is 1.10 bits per heavy atom. The highest BCUT2D eigenvalue weighted by molar-refractivity contribution is 5.92. The highest BCUT2D eigenvalue weighted by Crippen LogP contribution is 2.16. The van der Waals surface area contributed by atoms with Gasteiger partial charge in [0.15, 0.2) is 6.61 Å². The first-order valence-corrected chi connectivity index (χ1v) is 5.99. The zero-order valence-electron chi connectivity index (χ0n) is 10.8. The third-order valence-electron chi connectivity index (χ3n) is 2.66. The summed E-state index contributed by atoms with van der Waals surface area (Å²) in [5.41, 5.74) is 1.15. The molecule has 2 rings (SSSR count). The van der Waals surface area contributed by atoms with Gasteiger partial charge in [0.2, 0.25) is 0 Å². The zero-order valence-corrected chi connectivity index (χ0v) is 10.8. The molecule has 0 saturated carbocycles. The first kappa shape index (κ1) is 14.0. The molecular weight excluding hydrogens is 264 g/mol. The maximum absolute atomic E-state index is 13.1. The molecule has 0 aliphatic heterocycles. The van der Waals surface area contributed by atoms with Crippen molar-refractivity contribution >= 4 is 11.6 Å². The Balaban J connectivity index is 1.92. The molecule has 0 bridgehead atoms. The van der Waals surface area contributed by atoms with Crippen LogP contribution in [0, 0.1) is 18.6 Å². The molecule has 0 atom stereocenters. The molecule has 0 unspecified atom stereocenters. The molecule has 0 heterocycles. The normalized spacial score (nSPS) is 10.2. The molecular formula is C15H13F2NO2. The fraction of sp³-hybridized carbons (Fsp3) is 0.133. The molecule has 104 valence electrons. The third kappa shape index (κ3) is 3.78. The molecule has 0 aliphatic rings. The largest absolute Gasteiger partial charge is 0.484 e. The standard InChI is InChI=1S/C15H13F2NO2/c1-10-2-3-12(17)8-14(10)18-15(19)9-20-13-6-4-11(16)5-7-13/h2-8H,9H2,1H3,(H,18,19). The number of amides is 1. The highest BCUT2D eigenvalue weighted by Gasteiger charge is 2.07. The van der Waals surface area contributed by atoms with Crippen molar-refractivity contribution in [1.29, 1.82) is 0 Å². The molecule has 2 aromatic rings. The van der Waals surface area contributed by atoms with Crippen molar-refractivity contribution < 1.29 is 18.3 Å². The zero-order chi connectivity index (χ0) is 14.5. The predicted molar refractivity (Wildman–Crippen MR) is 71.7 cm³/mol. The molecule has 0 radical (unpaired) electrons. The van der Waals surface area contributed by atoms with E-state index in [-0.39, 0.29) is 12.4 Å². The Morgan fingerprint density at radius 2 is 1.75 bits per heavy atom. The van der Waals surface area contributed by atoms with E-state index in [4.69, 9.17) is 4.74 Å². The molecule has 0 spiro atoms. The van der Waals surface area contributed by atoms with Crippen molar-refractivity contribution in [3.05, 3.63) is 59.7 Å². The van der Waals surface area contributed by atoms with E-state index in [2.05, 4.69) is 5.32 Å². The van der Waals surface area contributed by atoms with Crippen molar-refractivity contribution in [2.45, 2.75) is 6.92 Å². The van der Waals surface area contributed by atoms with Gasteiger partial charge in [-0.05, 0) is 48.9 Å². The molecule has 1 amide bonds. The Hall–Kier alpha value is -2.43. The maximum Gasteiger partial charge on any atom is 0.262 e. The second-order valence-electron chi connectivity index (χ2n) is 4.25. The van der Waals surface area contributed by atoms with E-state index >= 15 is 0 Å². The molecule has 0 aromatic heterocycles. The minimum atomic E-state index is -0.426. The summed E-state index contributed by atoms with van der Waals surface area (Å²) in [6, 6.07) is 9.47. The van der Waals surface area contributed by atoms with Crippen LogP contribution in [0.3, 0.4) is 0 Å². The van der Waals surface area contributed by atoms with Gasteiger partial charge >= 0.3 is 0 Å². The van der Waals surface area contributed by atoms with E-state index in [9.17, 15) is 13.6 Å². The number of halogens is 2. The van der Waals surface area contributed by atoms with Crippen LogP contribution in [0.2, 0.25) is 0 Å². The Bertz CT molecular complexity index is 612. The molecule has 5 heteroatoms. The summed E-state index contributed by atoms with van der Waals surface area (Å²) in [4.78, 5) is 11.7. The van der Waals surface area contributed by atoms with Crippen LogP contribution in [0.15, 0.2) is 42.5 Å². The van der Waals surface area contributed by atoms with Gasteiger partial charge in [0.05, 0.1) is 0 Å². The van der Waals surface area contributed by atoms with Crippen molar-refractivity contribution in [3.63, 3.8) is 0 Å². The molecule has 0 fully saturated rings. The van der Waals surface area contributed by atoms with Gasteiger partial charge in [0.25, 0.3) is 5.91 Å². The average Bonchev–Trinajstić information content (AvgIpc) is 2.42. The maximum atomic E-state index is 13.1. The van der Waals surface area contributed by atoms with Crippen LogP contribution < -0.4 is 10.1 Å². The summed E-state index contributed by atoms with van der Waals surface area (Å²) in [5.74, 6) is -0.830. The van der Waals surface area contributed by atoms with Gasteiger partial charge in [-0.2, -0.15) is 0 Å². The Kier molecular flexibility index (Phi) is 4.30. The number of anilines is 1. The van der Waals surface area contributed by atoms with Crippen LogP contribution in [0.25, 0.3) is 0 Å². The minimum absolute atomic E-state index is 0.235. The number of ether oxygens (including phenoxy) is 1. The lowest BCUT2D eigenvalue weighted by atomic mass is 10.2. The topological polar surface area (TPSA) is 38.3 Å². The number of benzene rings is 2. The van der Waals surface area contributed by atoms with Crippen LogP contribution in [-0.4, -0.2) is 12.5 Å². The number of hydrogen-bond donors (Lipinski definition) is 1. The van der Waals surface area contributed by atoms with Crippen molar-refractivity contribution in [2.75, 3.05) is 11.9 Å². The molecule has 0 aliphatic carbocycles. The molecule has 2 aromatic carbocycles. The fourth-order valence-corrected chi connectivity index (χ4v) is 1.59. The van der Waals surface area contributed by atoms with Crippen LogP contribution >= 0.6 is 0 Å². The smallest absolute Gasteiger partial charge is 0.262 e. The summed E-state index contributed by atoms with van der Waals surface area (Å²) in [6.45, 7) is 1.53. The lowest BCUT2D eigenvalue weighted by Crippen LogP contribution is -2.20. The summed E-state index contributed by atoms with van der Waals surface area (Å²) in [5, 5.41) is 2.55.